The highest BCUT2D eigenvalue weighted by Gasteiger charge is 2.55. The molecule has 0 aromatic heterocycles. The van der Waals surface area contributed by atoms with Crippen LogP contribution in [-0.4, -0.2) is 43.4 Å². The summed E-state index contributed by atoms with van der Waals surface area (Å²) in [6.07, 6.45) is 0.708. The summed E-state index contributed by atoms with van der Waals surface area (Å²) >= 11 is 0. The van der Waals surface area contributed by atoms with Crippen molar-refractivity contribution in [3.05, 3.63) is 18.2 Å². The fraction of sp³-hybridized carbons (Fsp3) is 0.500. The Hall–Kier alpha value is -2.28. The molecule has 2 saturated heterocycles. The normalized spacial score (nSPS) is 28.4. The molecule has 7 nitrogen and oxygen atoms in total. The van der Waals surface area contributed by atoms with E-state index >= 15 is 0 Å². The van der Waals surface area contributed by atoms with E-state index in [0.717, 1.165) is 0 Å². The topological polar surface area (TPSA) is 94.1 Å². The summed E-state index contributed by atoms with van der Waals surface area (Å²) < 4.78 is 16.0. The van der Waals surface area contributed by atoms with Crippen molar-refractivity contribution < 1.29 is 28.9 Å². The van der Waals surface area contributed by atoms with Crippen LogP contribution in [-0.2, 0) is 14.3 Å². The van der Waals surface area contributed by atoms with Gasteiger partial charge in [0.1, 0.15) is 11.5 Å². The van der Waals surface area contributed by atoms with E-state index in [1.165, 1.54) is 14.2 Å². The lowest BCUT2D eigenvalue weighted by atomic mass is 9.78. The number of hydrogen-bond acceptors (Lipinski definition) is 5. The summed E-state index contributed by atoms with van der Waals surface area (Å²) in [4.78, 5) is 24.1. The van der Waals surface area contributed by atoms with E-state index in [1.54, 1.807) is 18.2 Å². The highest BCUT2D eigenvalue weighted by atomic mass is 16.5. The number of methoxy groups -OCH3 is 2. The minimum Gasteiger partial charge on any atom is -0.497 e. The molecule has 23 heavy (non-hydrogen) atoms. The van der Waals surface area contributed by atoms with Gasteiger partial charge < -0.3 is 24.6 Å². The lowest BCUT2D eigenvalue weighted by molar-refractivity contribution is -0.147. The van der Waals surface area contributed by atoms with Crippen LogP contribution in [0.25, 0.3) is 0 Å². The maximum absolute atomic E-state index is 12.6. The van der Waals surface area contributed by atoms with Gasteiger partial charge in [0.05, 0.1) is 44.0 Å². The Balaban J connectivity index is 1.80. The van der Waals surface area contributed by atoms with Crippen molar-refractivity contribution in [3.63, 3.8) is 0 Å². The number of hydrogen-bond donors (Lipinski definition) is 2. The second kappa shape index (κ2) is 6.08. The van der Waals surface area contributed by atoms with Gasteiger partial charge in [-0.15, -0.1) is 0 Å². The van der Waals surface area contributed by atoms with Crippen molar-refractivity contribution in [2.75, 3.05) is 19.5 Å². The van der Waals surface area contributed by atoms with Gasteiger partial charge in [-0.3, -0.25) is 9.59 Å². The van der Waals surface area contributed by atoms with Gasteiger partial charge in [0.25, 0.3) is 0 Å². The quantitative estimate of drug-likeness (QED) is 0.854. The molecular weight excluding hydrogens is 302 g/mol. The molecule has 1 amide bonds. The molecule has 2 aliphatic heterocycles. The number of amides is 1. The molecule has 4 atom stereocenters. The number of carbonyl (C=O) groups is 2. The molecule has 0 spiro atoms. The van der Waals surface area contributed by atoms with E-state index in [1.807, 2.05) is 0 Å². The second-order valence-electron chi connectivity index (χ2n) is 5.74. The number of carboxylic acid groups (broad SMARTS) is 1. The average molecular weight is 321 g/mol. The van der Waals surface area contributed by atoms with Gasteiger partial charge in [-0.2, -0.15) is 0 Å². The Bertz CT molecular complexity index is 631. The number of aliphatic carboxylic acids is 1. The van der Waals surface area contributed by atoms with Gasteiger partial charge in [0, 0.05) is 6.07 Å². The summed E-state index contributed by atoms with van der Waals surface area (Å²) in [5.41, 5.74) is 0.477. The fourth-order valence-electron chi connectivity index (χ4n) is 3.44. The third-order valence-electron chi connectivity index (χ3n) is 4.53. The van der Waals surface area contributed by atoms with Gasteiger partial charge in [0.2, 0.25) is 5.91 Å². The summed E-state index contributed by atoms with van der Waals surface area (Å²) in [6, 6.07) is 5.02. The molecule has 124 valence electrons. The first-order valence-electron chi connectivity index (χ1n) is 7.46. The second-order valence-corrected chi connectivity index (χ2v) is 5.74. The summed E-state index contributed by atoms with van der Waals surface area (Å²) in [5, 5.41) is 12.2. The highest BCUT2D eigenvalue weighted by molar-refractivity contribution is 5.97. The maximum Gasteiger partial charge on any atom is 0.310 e. The number of carboxylic acids is 1. The predicted molar refractivity (Wildman–Crippen MR) is 80.7 cm³/mol. The van der Waals surface area contributed by atoms with Crippen molar-refractivity contribution in [3.8, 4) is 11.5 Å². The lowest BCUT2D eigenvalue weighted by Crippen LogP contribution is -2.41. The maximum atomic E-state index is 12.6. The zero-order valence-corrected chi connectivity index (χ0v) is 12.9. The molecule has 0 unspecified atom stereocenters. The minimum atomic E-state index is -0.987. The van der Waals surface area contributed by atoms with Crippen molar-refractivity contribution >= 4 is 17.6 Å². The monoisotopic (exact) mass is 321 g/mol. The fourth-order valence-corrected chi connectivity index (χ4v) is 3.44. The van der Waals surface area contributed by atoms with Crippen molar-refractivity contribution in [2.24, 2.45) is 11.8 Å². The van der Waals surface area contributed by atoms with E-state index in [4.69, 9.17) is 14.2 Å². The molecule has 0 radical (unpaired) electrons. The molecule has 0 saturated carbocycles. The molecule has 0 aliphatic carbocycles. The van der Waals surface area contributed by atoms with Crippen molar-refractivity contribution in [1.29, 1.82) is 0 Å². The molecule has 2 heterocycles. The van der Waals surface area contributed by atoms with E-state index in [2.05, 4.69) is 5.32 Å². The molecular formula is C16H19NO6. The molecule has 3 rings (SSSR count). The van der Waals surface area contributed by atoms with Gasteiger partial charge >= 0.3 is 5.97 Å². The van der Waals surface area contributed by atoms with E-state index in [-0.39, 0.29) is 18.1 Å². The Morgan fingerprint density at radius 1 is 1.17 bits per heavy atom. The van der Waals surface area contributed by atoms with Crippen molar-refractivity contribution in [2.45, 2.75) is 25.0 Å². The van der Waals surface area contributed by atoms with Crippen LogP contribution in [0.5, 0.6) is 11.5 Å². The summed E-state index contributed by atoms with van der Waals surface area (Å²) in [5.74, 6) is -1.76. The number of fused-ring (bicyclic) bond motifs is 2. The number of anilines is 1. The van der Waals surface area contributed by atoms with Gasteiger partial charge in [-0.05, 0) is 25.0 Å². The molecule has 7 heteroatoms. The first-order chi connectivity index (χ1) is 11.0. The number of carbonyl (C=O) groups excluding carboxylic acids is 1. The Labute approximate surface area is 133 Å². The Morgan fingerprint density at radius 2 is 1.87 bits per heavy atom. The largest absolute Gasteiger partial charge is 0.497 e. The standard InChI is InChI=1S/C16H19NO6/c1-21-8-3-4-9(12(7-8)22-2)17-15(18)13-10-5-6-11(23-10)14(13)16(19)20/h3-4,7,10-11,13-14H,5-6H2,1-2H3,(H,17,18)(H,19,20)/t10-,11-,13+,14-/m1/s1. The van der Waals surface area contributed by atoms with E-state index < -0.39 is 17.8 Å². The number of ether oxygens (including phenoxy) is 3. The SMILES string of the molecule is COc1ccc(NC(=O)[C@@H]2[C@H](C(=O)O)[C@H]3CC[C@H]2O3)c(OC)c1. The molecule has 2 N–H and O–H groups in total. The third-order valence-corrected chi connectivity index (χ3v) is 4.53. The first-order valence-corrected chi connectivity index (χ1v) is 7.46. The summed E-state index contributed by atoms with van der Waals surface area (Å²) in [6.45, 7) is 0. The molecule has 1 aromatic rings. The lowest BCUT2D eigenvalue weighted by Gasteiger charge is -2.24. The Morgan fingerprint density at radius 3 is 2.48 bits per heavy atom. The first kappa shape index (κ1) is 15.6. The zero-order chi connectivity index (χ0) is 16.6. The van der Waals surface area contributed by atoms with Crippen LogP contribution in [0.2, 0.25) is 0 Å². The van der Waals surface area contributed by atoms with Crippen LogP contribution < -0.4 is 14.8 Å². The summed E-state index contributed by atoms with van der Waals surface area (Å²) in [7, 11) is 3.03. The highest BCUT2D eigenvalue weighted by Crippen LogP contribution is 2.44. The molecule has 1 aromatic carbocycles. The van der Waals surface area contributed by atoms with Gasteiger partial charge in [-0.1, -0.05) is 0 Å². The van der Waals surface area contributed by atoms with E-state index in [9.17, 15) is 14.7 Å². The van der Waals surface area contributed by atoms with Crippen LogP contribution in [0.1, 0.15) is 12.8 Å². The Kier molecular flexibility index (Phi) is 4.12. The van der Waals surface area contributed by atoms with Gasteiger partial charge in [0.15, 0.2) is 0 Å². The number of rotatable bonds is 5. The van der Waals surface area contributed by atoms with Crippen LogP contribution in [0, 0.1) is 11.8 Å². The predicted octanol–water partition coefficient (Wildman–Crippen LogP) is 1.52. The van der Waals surface area contributed by atoms with Crippen LogP contribution in [0.15, 0.2) is 18.2 Å². The van der Waals surface area contributed by atoms with Crippen LogP contribution >= 0.6 is 0 Å². The van der Waals surface area contributed by atoms with Crippen LogP contribution in [0.3, 0.4) is 0 Å². The zero-order valence-electron chi connectivity index (χ0n) is 12.9. The molecule has 2 bridgehead atoms. The van der Waals surface area contributed by atoms with Crippen molar-refractivity contribution in [1.82, 2.24) is 0 Å². The number of nitrogens with one attached hydrogen (secondary N) is 1. The minimum absolute atomic E-state index is 0.328. The van der Waals surface area contributed by atoms with Crippen LogP contribution in [0.4, 0.5) is 5.69 Å². The third kappa shape index (κ3) is 2.72. The number of benzene rings is 1. The van der Waals surface area contributed by atoms with E-state index in [0.29, 0.717) is 30.0 Å². The molecule has 2 aliphatic rings. The average Bonchev–Trinajstić information content (AvgIpc) is 3.16. The smallest absolute Gasteiger partial charge is 0.310 e. The molecule has 2 fully saturated rings. The van der Waals surface area contributed by atoms with Gasteiger partial charge in [-0.25, -0.2) is 0 Å².